The number of alkyl carbamates (subject to hydrolysis) is 2. The van der Waals surface area contributed by atoms with Crippen molar-refractivity contribution >= 4 is 104 Å². The summed E-state index contributed by atoms with van der Waals surface area (Å²) in [6.07, 6.45) is 20.7. The standard InChI is InChI=1S/2C51H74N4O7.CH2I2.CH4/c2*1-35(2)28-36(3)22-23-41(29-37-16-10-8-11-17-37)48(59)54-27-15-21-44(54)46(57)31-42(40-24-25-40)47(58)53-43(20-14-26-52-49(60)62-34-38-18-12-9-13-19-38)45(56)30-39-32-50(4,5)55(61)51(6,7)33-39;2-1-3;/h2*8-13,16-19,22-23,35-36,39-44,61H,14-15,20-21,24-34H2,1-7H3,(H,52,60)(H,53,58);1H2;1H4/b2*23-22+;;/t2*36-,41-,42+,43+,44+;;/m11../s1. The molecule has 10 atom stereocenters. The zero-order chi connectivity index (χ0) is 92.8. The highest BCUT2D eigenvalue weighted by Gasteiger charge is 2.50. The number of allylic oxidation sites excluding steroid dienone is 2. The minimum absolute atomic E-state index is 0. The molecule has 2 aliphatic carbocycles. The summed E-state index contributed by atoms with van der Waals surface area (Å²) in [5, 5.41) is 36.3. The van der Waals surface area contributed by atoms with E-state index in [9.17, 15) is 58.4 Å². The molecule has 4 saturated heterocycles. The second-order valence-electron chi connectivity index (χ2n) is 40.4. The molecule has 0 radical (unpaired) electrons. The number of carbonyl (C=O) groups excluding carboxylic acids is 10. The molecule has 6 amide bonds. The predicted octanol–water partition coefficient (Wildman–Crippen LogP) is 20.2. The average molecular weight is 1990 g/mol. The Hall–Kier alpha value is -7.24. The number of nitrogens with one attached hydrogen (secondary N) is 4. The maximum Gasteiger partial charge on any atom is 0.407 e. The molecule has 0 unspecified atom stereocenters. The van der Waals surface area contributed by atoms with Gasteiger partial charge in [-0.25, -0.2) is 9.59 Å². The van der Waals surface area contributed by atoms with E-state index < -0.39 is 82.2 Å². The summed E-state index contributed by atoms with van der Waals surface area (Å²) in [5.74, 6) is -1.36. The van der Waals surface area contributed by atoms with Crippen LogP contribution in [0.25, 0.3) is 0 Å². The van der Waals surface area contributed by atoms with Gasteiger partial charge in [-0.3, -0.25) is 38.4 Å². The first-order valence-corrected chi connectivity index (χ1v) is 50.1. The number of ketones is 4. The van der Waals surface area contributed by atoms with Crippen LogP contribution in [0, 0.1) is 71.0 Å². The number of amides is 6. The van der Waals surface area contributed by atoms with Gasteiger partial charge in [0.05, 0.1) is 38.4 Å². The lowest BCUT2D eigenvalue weighted by atomic mass is 9.73. The molecule has 4 heterocycles. The lowest BCUT2D eigenvalue weighted by Crippen LogP contribution is -2.59. The van der Waals surface area contributed by atoms with Crippen molar-refractivity contribution in [2.75, 3.05) is 28.6 Å². The Labute approximate surface area is 793 Å². The molecule has 708 valence electrons. The zero-order valence-electron chi connectivity index (χ0n) is 78.4. The van der Waals surface area contributed by atoms with Gasteiger partial charge in [-0.05, 0) is 253 Å². The van der Waals surface area contributed by atoms with Crippen LogP contribution in [0.2, 0.25) is 0 Å². The fraction of sp³-hybridized carbons (Fsp3) is 0.635. The van der Waals surface area contributed by atoms with Gasteiger partial charge >= 0.3 is 12.2 Å². The van der Waals surface area contributed by atoms with Gasteiger partial charge in [0.25, 0.3) is 0 Å². The van der Waals surface area contributed by atoms with Crippen LogP contribution < -0.4 is 21.3 Å². The normalized spacial score (nSPS) is 20.5. The summed E-state index contributed by atoms with van der Waals surface area (Å²) in [6.45, 7) is 30.7. The topological polar surface area (TPSA) is 291 Å². The third kappa shape index (κ3) is 35.1. The van der Waals surface area contributed by atoms with Crippen LogP contribution in [0.3, 0.4) is 0 Å². The molecular weight excluding hydrogens is 1840 g/mol. The van der Waals surface area contributed by atoms with Gasteiger partial charge in [0.2, 0.25) is 23.6 Å². The molecule has 2 saturated carbocycles. The second-order valence-corrected chi connectivity index (χ2v) is 44.9. The first kappa shape index (κ1) is 108. The number of rotatable bonds is 44. The van der Waals surface area contributed by atoms with Crippen LogP contribution in [0.15, 0.2) is 146 Å². The number of hydrogen-bond donors (Lipinski definition) is 6. The Morgan fingerprint density at radius 3 is 1.05 bits per heavy atom. The van der Waals surface area contributed by atoms with Crippen molar-refractivity contribution in [3.63, 3.8) is 0 Å². The van der Waals surface area contributed by atoms with Crippen molar-refractivity contribution in [3.05, 3.63) is 168 Å². The molecule has 128 heavy (non-hydrogen) atoms. The number of hydroxylamine groups is 4. The second kappa shape index (κ2) is 52.3. The molecule has 10 rings (SSSR count). The first-order valence-electron chi connectivity index (χ1n) is 47.0. The van der Waals surface area contributed by atoms with Crippen LogP contribution in [0.4, 0.5) is 9.59 Å². The third-order valence-electron chi connectivity index (χ3n) is 26.1. The van der Waals surface area contributed by atoms with Crippen molar-refractivity contribution in [1.29, 1.82) is 0 Å². The number of likely N-dealkylation sites (tertiary alicyclic amines) is 2. The van der Waals surface area contributed by atoms with Gasteiger partial charge in [-0.1, -0.05) is 240 Å². The van der Waals surface area contributed by atoms with Gasteiger partial charge in [-0.15, -0.1) is 0 Å². The maximum atomic E-state index is 14.4. The van der Waals surface area contributed by atoms with E-state index >= 15 is 0 Å². The van der Waals surface area contributed by atoms with Crippen molar-refractivity contribution in [1.82, 2.24) is 41.2 Å². The van der Waals surface area contributed by atoms with Crippen LogP contribution in [-0.2, 0) is 73.9 Å². The van der Waals surface area contributed by atoms with Crippen molar-refractivity contribution in [3.8, 4) is 0 Å². The summed E-state index contributed by atoms with van der Waals surface area (Å²) in [5.41, 5.74) is 1.73. The van der Waals surface area contributed by atoms with E-state index in [1.54, 1.807) is 9.80 Å². The number of carbonyl (C=O) groups is 10. The smallest absolute Gasteiger partial charge is 0.407 e. The summed E-state index contributed by atoms with van der Waals surface area (Å²) < 4.78 is 11.9. The first-order chi connectivity index (χ1) is 60.3. The van der Waals surface area contributed by atoms with E-state index in [-0.39, 0.29) is 130 Å². The number of halogens is 2. The summed E-state index contributed by atoms with van der Waals surface area (Å²) in [4.78, 5) is 143. The van der Waals surface area contributed by atoms with Crippen LogP contribution in [0.5, 0.6) is 0 Å². The zero-order valence-corrected chi connectivity index (χ0v) is 82.7. The number of Topliss-reactive ketones (excluding diaryl/α,β-unsaturated/α-hetero) is 4. The van der Waals surface area contributed by atoms with Crippen LogP contribution in [-0.4, -0.2) is 164 Å². The summed E-state index contributed by atoms with van der Waals surface area (Å²) in [6, 6.07) is 36.0. The maximum absolute atomic E-state index is 14.4. The van der Waals surface area contributed by atoms with E-state index in [1.807, 2.05) is 189 Å². The van der Waals surface area contributed by atoms with Gasteiger partial charge in [-0.2, -0.15) is 10.1 Å². The van der Waals surface area contributed by atoms with E-state index in [1.165, 1.54) is 12.6 Å². The van der Waals surface area contributed by atoms with Gasteiger partial charge in [0, 0.05) is 85.9 Å². The van der Waals surface area contributed by atoms with Crippen molar-refractivity contribution in [2.24, 2.45) is 71.0 Å². The number of alkyl halides is 2. The summed E-state index contributed by atoms with van der Waals surface area (Å²) in [7, 11) is 0. The lowest BCUT2D eigenvalue weighted by molar-refractivity contribution is -0.251. The van der Waals surface area contributed by atoms with Crippen molar-refractivity contribution in [2.45, 2.75) is 318 Å². The van der Waals surface area contributed by atoms with E-state index in [0.29, 0.717) is 114 Å². The van der Waals surface area contributed by atoms with Gasteiger partial charge in [0.15, 0.2) is 23.1 Å². The van der Waals surface area contributed by atoms with Gasteiger partial charge < -0.3 is 51.0 Å². The van der Waals surface area contributed by atoms with E-state index in [4.69, 9.17) is 9.47 Å². The van der Waals surface area contributed by atoms with Crippen LogP contribution >= 0.6 is 45.2 Å². The molecule has 24 heteroatoms. The molecule has 6 N–H and O–H groups in total. The molecule has 0 aromatic heterocycles. The lowest BCUT2D eigenvalue weighted by Gasteiger charge is -2.51. The molecule has 22 nitrogen and oxygen atoms in total. The SMILES string of the molecule is C.CC(C)C[C@H](C)/C=C/[C@H](Cc1ccccc1)C(=O)N1CCC[C@H]1C(=O)C[C@H](C(=O)N[C@@H](CCCNC(=O)OCc1ccccc1)C(=O)CC1CC(C)(C)N(O)C(C)(C)C1)C1CC1.CC(C)C[C@H](C)/C=C/[C@H](Cc1ccccc1)C(=O)N1CCC[C@H]1C(=O)C[C@H](C(=O)N[C@@H](CCCNC(=O)OCc1ccccc1)C(=O)CC1CC(C)(C)N(O)C(C)(C)C1)C1CC1.ICI. The monoisotopic (exact) mass is 1990 g/mol. The fourth-order valence-corrected chi connectivity index (χ4v) is 20.1. The Morgan fingerprint density at radius 2 is 0.758 bits per heavy atom. The molecule has 4 aromatic rings. The molecule has 0 bridgehead atoms. The van der Waals surface area contributed by atoms with Crippen molar-refractivity contribution < 1.29 is 67.8 Å². The third-order valence-corrected chi connectivity index (χ3v) is 26.1. The molecule has 6 fully saturated rings. The Morgan fingerprint density at radius 1 is 0.453 bits per heavy atom. The Kier molecular flexibility index (Phi) is 44.0. The van der Waals surface area contributed by atoms with E-state index in [2.05, 4.69) is 120 Å². The largest absolute Gasteiger partial charge is 0.445 e. The Balaban J connectivity index is 0.000000338. The summed E-state index contributed by atoms with van der Waals surface area (Å²) >= 11 is 4.55. The highest BCUT2D eigenvalue weighted by Crippen LogP contribution is 2.45. The molecule has 0 spiro atoms. The van der Waals surface area contributed by atoms with E-state index in [0.717, 1.165) is 73.6 Å². The number of nitrogens with zero attached hydrogens (tertiary/aromatic N) is 4. The average Bonchev–Trinajstić information content (AvgIpc) is 1.12. The van der Waals surface area contributed by atoms with Gasteiger partial charge in [0.1, 0.15) is 13.2 Å². The molecule has 4 aliphatic heterocycles. The minimum Gasteiger partial charge on any atom is -0.445 e. The predicted molar refractivity (Wildman–Crippen MR) is 523 cm³/mol. The van der Waals surface area contributed by atoms with Crippen LogP contribution in [0.1, 0.15) is 268 Å². The Bertz CT molecular complexity index is 3910. The number of piperidine rings is 2. The number of benzene rings is 4. The number of ether oxygens (including phenoxy) is 2. The minimum atomic E-state index is -0.812. The highest BCUT2D eigenvalue weighted by molar-refractivity contribution is 14.2. The molecule has 6 aliphatic rings. The fourth-order valence-electron chi connectivity index (χ4n) is 20.1. The molecular formula is C104H154I2N8O14. The highest BCUT2D eigenvalue weighted by atomic mass is 127. The number of hydrogen-bond acceptors (Lipinski definition) is 16. The quantitative estimate of drug-likeness (QED) is 0.0104. The molecule has 4 aromatic carbocycles.